The zero-order chi connectivity index (χ0) is 13.7. The standard InChI is InChI=1S/C14H23NO3/c1-13(2,12(17)18)14(3,4)15-11(16)10-8-6-5-7-9(8)10/h8-10H,5-7H2,1-4H3,(H,15,16)(H,17,18). The van der Waals surface area contributed by atoms with Crippen LogP contribution in [0.25, 0.3) is 0 Å². The van der Waals surface area contributed by atoms with Crippen molar-refractivity contribution in [3.63, 3.8) is 0 Å². The molecule has 102 valence electrons. The Bertz CT molecular complexity index is 377. The van der Waals surface area contributed by atoms with Crippen molar-refractivity contribution in [2.45, 2.75) is 52.5 Å². The molecular formula is C14H23NO3. The van der Waals surface area contributed by atoms with E-state index in [1.165, 1.54) is 6.42 Å². The molecule has 2 aliphatic rings. The maximum absolute atomic E-state index is 12.2. The number of aliphatic carboxylic acids is 1. The highest BCUT2D eigenvalue weighted by Gasteiger charge is 2.57. The van der Waals surface area contributed by atoms with Crippen molar-refractivity contribution in [2.24, 2.45) is 23.2 Å². The molecule has 2 N–H and O–H groups in total. The van der Waals surface area contributed by atoms with Crippen LogP contribution < -0.4 is 5.32 Å². The van der Waals surface area contributed by atoms with Gasteiger partial charge in [0.05, 0.1) is 5.41 Å². The highest BCUT2D eigenvalue weighted by Crippen LogP contribution is 2.57. The molecular weight excluding hydrogens is 230 g/mol. The Labute approximate surface area is 108 Å². The van der Waals surface area contributed by atoms with Crippen molar-refractivity contribution >= 4 is 11.9 Å². The topological polar surface area (TPSA) is 66.4 Å². The minimum Gasteiger partial charge on any atom is -0.481 e. The quantitative estimate of drug-likeness (QED) is 0.805. The second-order valence-corrected chi connectivity index (χ2v) is 6.83. The van der Waals surface area contributed by atoms with E-state index in [1.54, 1.807) is 27.7 Å². The Morgan fingerprint density at radius 3 is 2.06 bits per heavy atom. The lowest BCUT2D eigenvalue weighted by Crippen LogP contribution is -2.57. The molecule has 0 bridgehead atoms. The van der Waals surface area contributed by atoms with Gasteiger partial charge in [0.2, 0.25) is 5.91 Å². The Hall–Kier alpha value is -1.06. The summed E-state index contributed by atoms with van der Waals surface area (Å²) in [7, 11) is 0. The molecule has 2 rings (SSSR count). The van der Waals surface area contributed by atoms with Crippen LogP contribution in [0.5, 0.6) is 0 Å². The maximum Gasteiger partial charge on any atom is 0.311 e. The third kappa shape index (κ3) is 1.91. The number of carboxylic acid groups (broad SMARTS) is 1. The molecule has 0 heterocycles. The lowest BCUT2D eigenvalue weighted by Gasteiger charge is -2.39. The lowest BCUT2D eigenvalue weighted by atomic mass is 9.74. The predicted octanol–water partition coefficient (Wildman–Crippen LogP) is 2.04. The van der Waals surface area contributed by atoms with Crippen LogP contribution in [0.15, 0.2) is 0 Å². The summed E-state index contributed by atoms with van der Waals surface area (Å²) in [5, 5.41) is 12.2. The van der Waals surface area contributed by atoms with E-state index in [4.69, 9.17) is 0 Å². The summed E-state index contributed by atoms with van der Waals surface area (Å²) in [4.78, 5) is 23.5. The highest BCUT2D eigenvalue weighted by atomic mass is 16.4. The molecule has 1 amide bonds. The molecule has 0 radical (unpaired) electrons. The van der Waals surface area contributed by atoms with Crippen molar-refractivity contribution in [3.05, 3.63) is 0 Å². The molecule has 18 heavy (non-hydrogen) atoms. The first-order chi connectivity index (χ1) is 8.18. The average Bonchev–Trinajstić information content (AvgIpc) is 2.72. The van der Waals surface area contributed by atoms with E-state index in [-0.39, 0.29) is 11.8 Å². The monoisotopic (exact) mass is 253 g/mol. The molecule has 0 spiro atoms. The summed E-state index contributed by atoms with van der Waals surface area (Å²) in [6, 6.07) is 0. The van der Waals surface area contributed by atoms with Gasteiger partial charge >= 0.3 is 5.97 Å². The van der Waals surface area contributed by atoms with E-state index in [0.717, 1.165) is 12.8 Å². The molecule has 2 unspecified atom stereocenters. The van der Waals surface area contributed by atoms with E-state index < -0.39 is 16.9 Å². The second kappa shape index (κ2) is 3.97. The molecule has 2 aliphatic carbocycles. The van der Waals surface area contributed by atoms with Crippen LogP contribution in [0.1, 0.15) is 47.0 Å². The maximum atomic E-state index is 12.2. The third-order valence-electron chi connectivity index (χ3n) is 5.24. The first-order valence-electron chi connectivity index (χ1n) is 6.74. The Morgan fingerprint density at radius 1 is 1.11 bits per heavy atom. The molecule has 2 saturated carbocycles. The summed E-state index contributed by atoms with van der Waals surface area (Å²) < 4.78 is 0. The zero-order valence-electron chi connectivity index (χ0n) is 11.6. The van der Waals surface area contributed by atoms with Crippen molar-refractivity contribution < 1.29 is 14.7 Å². The van der Waals surface area contributed by atoms with Gasteiger partial charge in [0.1, 0.15) is 0 Å². The number of carboxylic acids is 1. The van der Waals surface area contributed by atoms with Gasteiger partial charge in [-0.05, 0) is 52.4 Å². The minimum atomic E-state index is -0.980. The van der Waals surface area contributed by atoms with Gasteiger partial charge in [-0.2, -0.15) is 0 Å². The summed E-state index contributed by atoms with van der Waals surface area (Å²) in [5.41, 5.74) is -1.72. The Balaban J connectivity index is 2.00. The van der Waals surface area contributed by atoms with Crippen LogP contribution in [-0.4, -0.2) is 22.5 Å². The number of nitrogens with one attached hydrogen (secondary N) is 1. The normalized spacial score (nSPS) is 30.8. The van der Waals surface area contributed by atoms with Gasteiger partial charge in [-0.15, -0.1) is 0 Å². The van der Waals surface area contributed by atoms with Crippen molar-refractivity contribution in [1.29, 1.82) is 0 Å². The summed E-state index contributed by atoms with van der Waals surface area (Å²) in [6.45, 7) is 6.89. The zero-order valence-corrected chi connectivity index (χ0v) is 11.6. The number of hydrogen-bond acceptors (Lipinski definition) is 2. The molecule has 0 aliphatic heterocycles. The van der Waals surface area contributed by atoms with Crippen LogP contribution in [0.4, 0.5) is 0 Å². The smallest absolute Gasteiger partial charge is 0.311 e. The summed E-state index contributed by atoms with van der Waals surface area (Å²) >= 11 is 0. The fourth-order valence-electron chi connectivity index (χ4n) is 3.03. The number of carbonyl (C=O) groups is 2. The average molecular weight is 253 g/mol. The molecule has 0 aromatic carbocycles. The minimum absolute atomic E-state index is 0.0454. The Kier molecular flexibility index (Phi) is 2.95. The number of fused-ring (bicyclic) bond motifs is 1. The molecule has 4 nitrogen and oxygen atoms in total. The largest absolute Gasteiger partial charge is 0.481 e. The van der Waals surface area contributed by atoms with E-state index in [2.05, 4.69) is 5.32 Å². The number of rotatable bonds is 4. The molecule has 0 saturated heterocycles. The van der Waals surface area contributed by atoms with Crippen molar-refractivity contribution in [1.82, 2.24) is 5.32 Å². The van der Waals surface area contributed by atoms with Crippen LogP contribution in [0.2, 0.25) is 0 Å². The van der Waals surface area contributed by atoms with Crippen LogP contribution in [0.3, 0.4) is 0 Å². The molecule has 2 fully saturated rings. The Morgan fingerprint density at radius 2 is 1.61 bits per heavy atom. The fourth-order valence-corrected chi connectivity index (χ4v) is 3.03. The third-order valence-corrected chi connectivity index (χ3v) is 5.24. The van der Waals surface area contributed by atoms with Crippen LogP contribution >= 0.6 is 0 Å². The van der Waals surface area contributed by atoms with E-state index >= 15 is 0 Å². The van der Waals surface area contributed by atoms with Gasteiger partial charge in [-0.25, -0.2) is 0 Å². The highest BCUT2D eigenvalue weighted by molar-refractivity contribution is 5.84. The van der Waals surface area contributed by atoms with Gasteiger partial charge in [0.25, 0.3) is 0 Å². The van der Waals surface area contributed by atoms with Crippen molar-refractivity contribution in [3.8, 4) is 0 Å². The van der Waals surface area contributed by atoms with Crippen molar-refractivity contribution in [2.75, 3.05) is 0 Å². The number of carbonyl (C=O) groups excluding carboxylic acids is 1. The van der Waals surface area contributed by atoms with E-state index in [9.17, 15) is 14.7 Å². The molecule has 0 aromatic rings. The first kappa shape index (κ1) is 13.4. The number of amides is 1. The predicted molar refractivity (Wildman–Crippen MR) is 68.0 cm³/mol. The van der Waals surface area contributed by atoms with Crippen LogP contribution in [0, 0.1) is 23.2 Å². The second-order valence-electron chi connectivity index (χ2n) is 6.83. The molecule has 0 aromatic heterocycles. The van der Waals surface area contributed by atoms with Gasteiger partial charge in [0, 0.05) is 11.5 Å². The lowest BCUT2D eigenvalue weighted by molar-refractivity contribution is -0.152. The molecule has 4 heteroatoms. The summed E-state index contributed by atoms with van der Waals surface area (Å²) in [5.74, 6) is 0.429. The van der Waals surface area contributed by atoms with E-state index in [1.807, 2.05) is 0 Å². The van der Waals surface area contributed by atoms with Crippen LogP contribution in [-0.2, 0) is 9.59 Å². The summed E-state index contributed by atoms with van der Waals surface area (Å²) in [6.07, 6.45) is 3.56. The molecule has 2 atom stereocenters. The first-order valence-corrected chi connectivity index (χ1v) is 6.74. The van der Waals surface area contributed by atoms with Gasteiger partial charge in [-0.1, -0.05) is 6.42 Å². The SMILES string of the molecule is CC(C)(NC(=O)C1C2CCCC21)C(C)(C)C(=O)O. The number of hydrogen-bond donors (Lipinski definition) is 2. The van der Waals surface area contributed by atoms with Gasteiger partial charge in [-0.3, -0.25) is 9.59 Å². The van der Waals surface area contributed by atoms with Gasteiger partial charge in [0.15, 0.2) is 0 Å². The van der Waals surface area contributed by atoms with E-state index in [0.29, 0.717) is 11.8 Å². The fraction of sp³-hybridized carbons (Fsp3) is 0.857. The van der Waals surface area contributed by atoms with Gasteiger partial charge < -0.3 is 10.4 Å².